The Morgan fingerprint density at radius 1 is 1.08 bits per heavy atom. The fourth-order valence-corrected chi connectivity index (χ4v) is 2.54. The van der Waals surface area contributed by atoms with Crippen LogP contribution in [0.5, 0.6) is 0 Å². The van der Waals surface area contributed by atoms with E-state index >= 15 is 0 Å². The number of carbonyl (C=O) groups excluding carboxylic acids is 1. The zero-order chi connectivity index (χ0) is 18.7. The minimum atomic E-state index is -4.44. The Balaban J connectivity index is 2.08. The topological polar surface area (TPSA) is 72.5 Å². The SMILES string of the molecule is CS(=O)(=O)Nc1ccccc1C(=O)OCc1ccc(C(F)(F)F)cc1. The van der Waals surface area contributed by atoms with Gasteiger partial charge in [0.25, 0.3) is 0 Å². The minimum absolute atomic E-state index is 0.000151. The molecule has 2 rings (SSSR count). The van der Waals surface area contributed by atoms with Gasteiger partial charge in [0, 0.05) is 0 Å². The van der Waals surface area contributed by atoms with E-state index in [0.717, 1.165) is 18.4 Å². The smallest absolute Gasteiger partial charge is 0.416 e. The standard InChI is InChI=1S/C16H14F3NO4S/c1-25(22,23)20-14-5-3-2-4-13(14)15(21)24-10-11-6-8-12(9-7-11)16(17,18)19/h2-9,20H,10H2,1H3. The summed E-state index contributed by atoms with van der Waals surface area (Å²) in [6, 6.07) is 10.0. The first-order valence-corrected chi connectivity index (χ1v) is 8.85. The number of para-hydroxylation sites is 1. The molecule has 0 radical (unpaired) electrons. The summed E-state index contributed by atoms with van der Waals surface area (Å²) >= 11 is 0. The van der Waals surface area contributed by atoms with Gasteiger partial charge in [-0.15, -0.1) is 0 Å². The van der Waals surface area contributed by atoms with E-state index in [0.29, 0.717) is 5.56 Å². The van der Waals surface area contributed by atoms with Crippen molar-refractivity contribution in [1.29, 1.82) is 0 Å². The van der Waals surface area contributed by atoms with Gasteiger partial charge in [0.2, 0.25) is 10.0 Å². The van der Waals surface area contributed by atoms with E-state index in [9.17, 15) is 26.4 Å². The van der Waals surface area contributed by atoms with Gasteiger partial charge in [-0.25, -0.2) is 13.2 Å². The van der Waals surface area contributed by atoms with Gasteiger partial charge < -0.3 is 4.74 Å². The van der Waals surface area contributed by atoms with E-state index in [-0.39, 0.29) is 17.9 Å². The van der Waals surface area contributed by atoms with Crippen LogP contribution in [0.15, 0.2) is 48.5 Å². The van der Waals surface area contributed by atoms with Crippen molar-refractivity contribution in [3.8, 4) is 0 Å². The summed E-state index contributed by atoms with van der Waals surface area (Å²) in [6.45, 7) is -0.246. The first-order valence-electron chi connectivity index (χ1n) is 6.96. The third-order valence-electron chi connectivity index (χ3n) is 3.09. The summed E-state index contributed by atoms with van der Waals surface area (Å²) < 4.78 is 67.3. The van der Waals surface area contributed by atoms with E-state index in [2.05, 4.69) is 4.72 Å². The molecule has 0 atom stereocenters. The van der Waals surface area contributed by atoms with Crippen molar-refractivity contribution in [2.75, 3.05) is 11.0 Å². The van der Waals surface area contributed by atoms with Crippen LogP contribution in [-0.4, -0.2) is 20.6 Å². The number of carbonyl (C=O) groups is 1. The number of sulfonamides is 1. The largest absolute Gasteiger partial charge is 0.457 e. The number of ether oxygens (including phenoxy) is 1. The Morgan fingerprint density at radius 2 is 1.68 bits per heavy atom. The van der Waals surface area contributed by atoms with Crippen LogP contribution >= 0.6 is 0 Å². The lowest BCUT2D eigenvalue weighted by molar-refractivity contribution is -0.137. The second kappa shape index (κ2) is 7.14. The molecule has 0 amide bonds. The normalized spacial score (nSPS) is 11.8. The van der Waals surface area contributed by atoms with E-state index < -0.39 is 27.7 Å². The van der Waals surface area contributed by atoms with Gasteiger partial charge in [0.1, 0.15) is 6.61 Å². The Bertz CT molecular complexity index is 862. The van der Waals surface area contributed by atoms with Crippen molar-refractivity contribution in [3.63, 3.8) is 0 Å². The van der Waals surface area contributed by atoms with Crippen LogP contribution in [0.25, 0.3) is 0 Å². The number of benzene rings is 2. The van der Waals surface area contributed by atoms with Gasteiger partial charge in [0.05, 0.1) is 23.1 Å². The summed E-state index contributed by atoms with van der Waals surface area (Å²) in [5.41, 5.74) is -0.373. The number of rotatable bonds is 5. The molecular weight excluding hydrogens is 359 g/mol. The summed E-state index contributed by atoms with van der Waals surface area (Å²) in [5, 5.41) is 0. The fraction of sp³-hybridized carbons (Fsp3) is 0.188. The first-order chi connectivity index (χ1) is 11.6. The van der Waals surface area contributed by atoms with Crippen LogP contribution in [0.4, 0.5) is 18.9 Å². The molecule has 0 aliphatic heterocycles. The number of halogens is 3. The minimum Gasteiger partial charge on any atom is -0.457 e. The predicted molar refractivity (Wildman–Crippen MR) is 85.5 cm³/mol. The van der Waals surface area contributed by atoms with Gasteiger partial charge in [-0.2, -0.15) is 13.2 Å². The lowest BCUT2D eigenvalue weighted by atomic mass is 10.1. The molecule has 2 aromatic rings. The van der Waals surface area contributed by atoms with Crippen molar-refractivity contribution in [3.05, 3.63) is 65.2 Å². The maximum absolute atomic E-state index is 12.5. The van der Waals surface area contributed by atoms with Crippen LogP contribution in [0, 0.1) is 0 Å². The molecular formula is C16H14F3NO4S. The summed E-state index contributed by atoms with van der Waals surface area (Å²) in [5.74, 6) is -0.799. The fourth-order valence-electron chi connectivity index (χ4n) is 1.97. The molecule has 0 unspecified atom stereocenters. The Morgan fingerprint density at radius 3 is 2.24 bits per heavy atom. The molecule has 0 saturated carbocycles. The highest BCUT2D eigenvalue weighted by Crippen LogP contribution is 2.29. The van der Waals surface area contributed by atoms with E-state index in [4.69, 9.17) is 4.74 Å². The Kier molecular flexibility index (Phi) is 5.36. The monoisotopic (exact) mass is 373 g/mol. The van der Waals surface area contributed by atoms with Gasteiger partial charge in [-0.3, -0.25) is 4.72 Å². The van der Waals surface area contributed by atoms with Gasteiger partial charge in [-0.05, 0) is 29.8 Å². The van der Waals surface area contributed by atoms with E-state index in [1.54, 1.807) is 6.07 Å². The lowest BCUT2D eigenvalue weighted by Gasteiger charge is -2.11. The second-order valence-corrected chi connectivity index (χ2v) is 6.94. The van der Waals surface area contributed by atoms with Gasteiger partial charge in [0.15, 0.2) is 0 Å². The average Bonchev–Trinajstić information content (AvgIpc) is 2.51. The third-order valence-corrected chi connectivity index (χ3v) is 3.68. The number of alkyl halides is 3. The molecule has 0 saturated heterocycles. The van der Waals surface area contributed by atoms with Crippen LogP contribution in [0.1, 0.15) is 21.5 Å². The maximum Gasteiger partial charge on any atom is 0.416 e. The number of hydrogen-bond acceptors (Lipinski definition) is 4. The Hall–Kier alpha value is -2.55. The van der Waals surface area contributed by atoms with Crippen LogP contribution in [0.3, 0.4) is 0 Å². The van der Waals surface area contributed by atoms with E-state index in [1.165, 1.54) is 30.3 Å². The summed E-state index contributed by atoms with van der Waals surface area (Å²) in [4.78, 5) is 12.1. The molecule has 0 fully saturated rings. The zero-order valence-electron chi connectivity index (χ0n) is 13.0. The highest BCUT2D eigenvalue weighted by atomic mass is 32.2. The number of hydrogen-bond donors (Lipinski definition) is 1. The molecule has 0 aromatic heterocycles. The predicted octanol–water partition coefficient (Wildman–Crippen LogP) is 3.43. The zero-order valence-corrected chi connectivity index (χ0v) is 13.8. The third kappa shape index (κ3) is 5.49. The van der Waals surface area contributed by atoms with E-state index in [1.807, 2.05) is 0 Å². The molecule has 5 nitrogen and oxygen atoms in total. The quantitative estimate of drug-likeness (QED) is 0.815. The first kappa shape index (κ1) is 18.8. The molecule has 1 N–H and O–H groups in total. The molecule has 0 heterocycles. The van der Waals surface area contributed by atoms with Crippen molar-refractivity contribution < 1.29 is 31.1 Å². The lowest BCUT2D eigenvalue weighted by Crippen LogP contribution is -2.14. The van der Waals surface area contributed by atoms with Crippen LogP contribution in [0.2, 0.25) is 0 Å². The molecule has 0 spiro atoms. The van der Waals surface area contributed by atoms with Crippen LogP contribution in [-0.2, 0) is 27.5 Å². The highest BCUT2D eigenvalue weighted by Gasteiger charge is 2.29. The molecule has 25 heavy (non-hydrogen) atoms. The average molecular weight is 373 g/mol. The molecule has 2 aromatic carbocycles. The van der Waals surface area contributed by atoms with Gasteiger partial charge >= 0.3 is 12.1 Å². The van der Waals surface area contributed by atoms with Crippen molar-refractivity contribution >= 4 is 21.7 Å². The Labute approximate surface area is 142 Å². The molecule has 134 valence electrons. The number of nitrogens with one attached hydrogen (secondary N) is 1. The number of anilines is 1. The molecule has 9 heteroatoms. The van der Waals surface area contributed by atoms with Gasteiger partial charge in [-0.1, -0.05) is 24.3 Å². The van der Waals surface area contributed by atoms with Crippen molar-refractivity contribution in [1.82, 2.24) is 0 Å². The highest BCUT2D eigenvalue weighted by molar-refractivity contribution is 7.92. The molecule has 0 aliphatic carbocycles. The molecule has 0 aliphatic rings. The second-order valence-electron chi connectivity index (χ2n) is 5.19. The summed E-state index contributed by atoms with van der Waals surface area (Å²) in [7, 11) is -3.58. The van der Waals surface area contributed by atoms with Crippen LogP contribution < -0.4 is 4.72 Å². The summed E-state index contributed by atoms with van der Waals surface area (Å²) in [6.07, 6.45) is -3.50. The van der Waals surface area contributed by atoms with Crippen molar-refractivity contribution in [2.45, 2.75) is 12.8 Å². The maximum atomic E-state index is 12.5. The number of esters is 1. The molecule has 0 bridgehead atoms. The van der Waals surface area contributed by atoms with Crippen molar-refractivity contribution in [2.24, 2.45) is 0 Å².